The maximum Gasteiger partial charge on any atom is 0.126 e. The molecule has 0 aliphatic carbocycles. The molecular weight excluding hydrogens is 172 g/mol. The second-order valence-corrected chi connectivity index (χ2v) is 3.16. The molecule has 0 spiro atoms. The van der Waals surface area contributed by atoms with Crippen molar-refractivity contribution < 1.29 is 8.78 Å². The molecule has 1 unspecified atom stereocenters. The SMILES string of the molecule is CNCC(C)c1cc(F)cc(F)c1. The Balaban J connectivity index is 2.87. The van der Waals surface area contributed by atoms with Crippen molar-refractivity contribution in [3.05, 3.63) is 35.4 Å². The fraction of sp³-hybridized carbons (Fsp3) is 0.400. The Hall–Kier alpha value is -0.960. The maximum atomic E-state index is 12.8. The molecule has 0 amide bonds. The van der Waals surface area contributed by atoms with Crippen molar-refractivity contribution in [1.82, 2.24) is 5.32 Å². The first-order chi connectivity index (χ1) is 6.13. The Kier molecular flexibility index (Phi) is 3.37. The minimum absolute atomic E-state index is 0.121. The molecule has 0 saturated carbocycles. The highest BCUT2D eigenvalue weighted by Gasteiger charge is 2.07. The highest BCUT2D eigenvalue weighted by molar-refractivity contribution is 5.21. The summed E-state index contributed by atoms with van der Waals surface area (Å²) in [6.07, 6.45) is 0. The van der Waals surface area contributed by atoms with E-state index in [-0.39, 0.29) is 5.92 Å². The average Bonchev–Trinajstić information content (AvgIpc) is 2.03. The van der Waals surface area contributed by atoms with Gasteiger partial charge in [0, 0.05) is 12.6 Å². The van der Waals surface area contributed by atoms with Crippen molar-refractivity contribution in [2.24, 2.45) is 0 Å². The van der Waals surface area contributed by atoms with Crippen molar-refractivity contribution >= 4 is 0 Å². The molecule has 0 bridgehead atoms. The Bertz CT molecular complexity index is 266. The Morgan fingerprint density at radius 3 is 2.23 bits per heavy atom. The van der Waals surface area contributed by atoms with Gasteiger partial charge in [-0.1, -0.05) is 6.92 Å². The molecule has 0 aliphatic rings. The zero-order valence-electron chi connectivity index (χ0n) is 7.77. The minimum atomic E-state index is -0.516. The topological polar surface area (TPSA) is 12.0 Å². The normalized spacial score (nSPS) is 12.9. The number of likely N-dealkylation sites (N-methyl/N-ethyl adjacent to an activating group) is 1. The molecule has 0 fully saturated rings. The van der Waals surface area contributed by atoms with Gasteiger partial charge < -0.3 is 5.32 Å². The zero-order chi connectivity index (χ0) is 9.84. The van der Waals surface area contributed by atoms with Crippen LogP contribution in [0, 0.1) is 11.6 Å². The van der Waals surface area contributed by atoms with Crippen LogP contribution >= 0.6 is 0 Å². The van der Waals surface area contributed by atoms with Crippen molar-refractivity contribution in [3.8, 4) is 0 Å². The molecule has 0 saturated heterocycles. The molecule has 72 valence electrons. The van der Waals surface area contributed by atoms with Gasteiger partial charge in [-0.2, -0.15) is 0 Å². The van der Waals surface area contributed by atoms with Crippen LogP contribution in [0.5, 0.6) is 0 Å². The van der Waals surface area contributed by atoms with Gasteiger partial charge in [0.15, 0.2) is 0 Å². The summed E-state index contributed by atoms with van der Waals surface area (Å²) in [6.45, 7) is 2.63. The lowest BCUT2D eigenvalue weighted by Crippen LogP contribution is -2.14. The summed E-state index contributed by atoms with van der Waals surface area (Å²) in [4.78, 5) is 0. The summed E-state index contributed by atoms with van der Waals surface area (Å²) in [5, 5.41) is 2.96. The van der Waals surface area contributed by atoms with Crippen LogP contribution in [0.25, 0.3) is 0 Å². The number of rotatable bonds is 3. The zero-order valence-corrected chi connectivity index (χ0v) is 7.77. The number of benzene rings is 1. The van der Waals surface area contributed by atoms with Gasteiger partial charge in [-0.05, 0) is 30.7 Å². The van der Waals surface area contributed by atoms with Crippen LogP contribution in [-0.4, -0.2) is 13.6 Å². The lowest BCUT2D eigenvalue weighted by Gasteiger charge is -2.10. The van der Waals surface area contributed by atoms with Crippen molar-refractivity contribution in [2.75, 3.05) is 13.6 Å². The summed E-state index contributed by atoms with van der Waals surface area (Å²) in [6, 6.07) is 3.62. The van der Waals surface area contributed by atoms with Gasteiger partial charge in [0.2, 0.25) is 0 Å². The van der Waals surface area contributed by atoms with E-state index in [0.717, 1.165) is 6.07 Å². The van der Waals surface area contributed by atoms with Crippen LogP contribution in [0.2, 0.25) is 0 Å². The molecular formula is C10H13F2N. The maximum absolute atomic E-state index is 12.8. The van der Waals surface area contributed by atoms with Crippen LogP contribution in [0.15, 0.2) is 18.2 Å². The van der Waals surface area contributed by atoms with Gasteiger partial charge in [-0.25, -0.2) is 8.78 Å². The molecule has 1 N–H and O–H groups in total. The van der Waals surface area contributed by atoms with E-state index in [0.29, 0.717) is 12.1 Å². The van der Waals surface area contributed by atoms with Gasteiger partial charge in [-0.15, -0.1) is 0 Å². The molecule has 0 heterocycles. The smallest absolute Gasteiger partial charge is 0.126 e. The first-order valence-corrected chi connectivity index (χ1v) is 4.24. The largest absolute Gasteiger partial charge is 0.319 e. The minimum Gasteiger partial charge on any atom is -0.319 e. The first kappa shape index (κ1) is 10.1. The number of hydrogen-bond donors (Lipinski definition) is 1. The lowest BCUT2D eigenvalue weighted by atomic mass is 10.0. The quantitative estimate of drug-likeness (QED) is 0.761. The monoisotopic (exact) mass is 185 g/mol. The highest BCUT2D eigenvalue weighted by Crippen LogP contribution is 2.16. The van der Waals surface area contributed by atoms with Crippen molar-refractivity contribution in [2.45, 2.75) is 12.8 Å². The van der Waals surface area contributed by atoms with Crippen LogP contribution < -0.4 is 5.32 Å². The third kappa shape index (κ3) is 2.77. The molecule has 1 aromatic rings. The van der Waals surface area contributed by atoms with E-state index in [1.807, 2.05) is 14.0 Å². The molecule has 13 heavy (non-hydrogen) atoms. The lowest BCUT2D eigenvalue weighted by molar-refractivity contribution is 0.572. The molecule has 1 rings (SSSR count). The summed E-state index contributed by atoms with van der Waals surface area (Å²) in [7, 11) is 1.81. The van der Waals surface area contributed by atoms with E-state index in [2.05, 4.69) is 5.32 Å². The van der Waals surface area contributed by atoms with Gasteiger partial charge in [0.05, 0.1) is 0 Å². The molecule has 3 heteroatoms. The summed E-state index contributed by atoms with van der Waals surface area (Å²) in [5.74, 6) is -0.911. The van der Waals surface area contributed by atoms with E-state index < -0.39 is 11.6 Å². The van der Waals surface area contributed by atoms with Gasteiger partial charge in [0.25, 0.3) is 0 Å². The van der Waals surface area contributed by atoms with Crippen molar-refractivity contribution in [3.63, 3.8) is 0 Å². The molecule has 1 nitrogen and oxygen atoms in total. The molecule has 0 aromatic heterocycles. The highest BCUT2D eigenvalue weighted by atomic mass is 19.1. The van der Waals surface area contributed by atoms with Crippen molar-refractivity contribution in [1.29, 1.82) is 0 Å². The summed E-state index contributed by atoms with van der Waals surface area (Å²) >= 11 is 0. The van der Waals surface area contributed by atoms with E-state index in [4.69, 9.17) is 0 Å². The predicted octanol–water partition coefficient (Wildman–Crippen LogP) is 2.29. The van der Waals surface area contributed by atoms with E-state index in [1.54, 1.807) is 0 Å². The van der Waals surface area contributed by atoms with E-state index >= 15 is 0 Å². The Morgan fingerprint density at radius 1 is 1.23 bits per heavy atom. The summed E-state index contributed by atoms with van der Waals surface area (Å²) < 4.78 is 25.5. The fourth-order valence-electron chi connectivity index (χ4n) is 1.28. The first-order valence-electron chi connectivity index (χ1n) is 4.24. The van der Waals surface area contributed by atoms with Gasteiger partial charge in [-0.3, -0.25) is 0 Å². The number of hydrogen-bond acceptors (Lipinski definition) is 1. The molecule has 1 aromatic carbocycles. The number of nitrogens with one attached hydrogen (secondary N) is 1. The van der Waals surface area contributed by atoms with E-state index in [9.17, 15) is 8.78 Å². The second-order valence-electron chi connectivity index (χ2n) is 3.16. The molecule has 0 aliphatic heterocycles. The standard InChI is InChI=1S/C10H13F2N/c1-7(6-13-2)8-3-9(11)5-10(12)4-8/h3-5,7,13H,6H2,1-2H3. The molecule has 1 atom stereocenters. The van der Waals surface area contributed by atoms with Gasteiger partial charge in [0.1, 0.15) is 11.6 Å². The van der Waals surface area contributed by atoms with Crippen LogP contribution in [0.3, 0.4) is 0 Å². The van der Waals surface area contributed by atoms with Crippen LogP contribution in [-0.2, 0) is 0 Å². The number of halogens is 2. The predicted molar refractivity (Wildman–Crippen MR) is 48.7 cm³/mol. The van der Waals surface area contributed by atoms with Gasteiger partial charge >= 0.3 is 0 Å². The van der Waals surface area contributed by atoms with Crippen LogP contribution in [0.4, 0.5) is 8.78 Å². The third-order valence-corrected chi connectivity index (χ3v) is 1.96. The average molecular weight is 185 g/mol. The summed E-state index contributed by atoms with van der Waals surface area (Å²) in [5.41, 5.74) is 0.687. The second kappa shape index (κ2) is 4.33. The van der Waals surface area contributed by atoms with Crippen LogP contribution in [0.1, 0.15) is 18.4 Å². The Morgan fingerprint density at radius 2 is 1.77 bits per heavy atom. The third-order valence-electron chi connectivity index (χ3n) is 1.96. The van der Waals surface area contributed by atoms with E-state index in [1.165, 1.54) is 12.1 Å². The fourth-order valence-corrected chi connectivity index (χ4v) is 1.28. The Labute approximate surface area is 76.8 Å². The molecule has 0 radical (unpaired) electrons.